The van der Waals surface area contributed by atoms with Crippen LogP contribution in [-0.4, -0.2) is 17.4 Å². The maximum absolute atomic E-state index is 14.7. The molecule has 1 aromatic heterocycles. The van der Waals surface area contributed by atoms with Crippen molar-refractivity contribution in [3.63, 3.8) is 0 Å². The number of rotatable bonds is 6. The summed E-state index contributed by atoms with van der Waals surface area (Å²) in [4.78, 5) is 17.1. The molecule has 3 N–H and O–H groups in total. The van der Waals surface area contributed by atoms with Gasteiger partial charge in [0.2, 0.25) is 5.91 Å². The fourth-order valence-electron chi connectivity index (χ4n) is 4.20. The van der Waals surface area contributed by atoms with E-state index in [1.54, 1.807) is 30.3 Å². The number of carbonyl (C=O) groups is 1. The third-order valence-electron chi connectivity index (χ3n) is 5.52. The van der Waals surface area contributed by atoms with E-state index in [0.717, 1.165) is 32.1 Å². The number of aromatic nitrogens is 1. The molecular formula is C21H24Cl2FN3O. The Balaban J connectivity index is 1.95. The van der Waals surface area contributed by atoms with Gasteiger partial charge < -0.3 is 11.1 Å². The molecule has 1 heterocycles. The van der Waals surface area contributed by atoms with Gasteiger partial charge >= 0.3 is 0 Å². The monoisotopic (exact) mass is 423 g/mol. The lowest BCUT2D eigenvalue weighted by Gasteiger charge is -2.35. The highest BCUT2D eigenvalue weighted by Crippen LogP contribution is 2.40. The number of anilines is 1. The quantitative estimate of drug-likeness (QED) is 0.610. The molecule has 28 heavy (non-hydrogen) atoms. The molecule has 1 fully saturated rings. The van der Waals surface area contributed by atoms with Crippen LogP contribution in [0.15, 0.2) is 36.5 Å². The van der Waals surface area contributed by atoms with Crippen molar-refractivity contribution in [2.45, 2.75) is 38.0 Å². The number of nitrogens with two attached hydrogens (primary N) is 1. The first-order valence-electron chi connectivity index (χ1n) is 9.57. The van der Waals surface area contributed by atoms with Crippen molar-refractivity contribution >= 4 is 34.8 Å². The largest absolute Gasteiger partial charge is 0.330 e. The lowest BCUT2D eigenvalue weighted by Crippen LogP contribution is -2.38. The third kappa shape index (κ3) is 4.83. The predicted octanol–water partition coefficient (Wildman–Crippen LogP) is 5.41. The zero-order valence-corrected chi connectivity index (χ0v) is 17.0. The molecule has 1 aliphatic carbocycles. The van der Waals surface area contributed by atoms with Crippen molar-refractivity contribution < 1.29 is 9.18 Å². The van der Waals surface area contributed by atoms with Crippen LogP contribution in [0.25, 0.3) is 0 Å². The van der Waals surface area contributed by atoms with Crippen LogP contribution >= 0.6 is 23.2 Å². The Kier molecular flexibility index (Phi) is 7.27. The first-order valence-corrected chi connectivity index (χ1v) is 10.3. The molecule has 2 aromatic rings. The second-order valence-electron chi connectivity index (χ2n) is 7.27. The summed E-state index contributed by atoms with van der Waals surface area (Å²) in [5.41, 5.74) is 7.02. The molecule has 7 heteroatoms. The van der Waals surface area contributed by atoms with Gasteiger partial charge in [0, 0.05) is 35.3 Å². The van der Waals surface area contributed by atoms with Crippen molar-refractivity contribution in [3.05, 3.63) is 58.1 Å². The summed E-state index contributed by atoms with van der Waals surface area (Å²) in [6, 6.07) is 8.56. The summed E-state index contributed by atoms with van der Waals surface area (Å²) >= 11 is 11.9. The first kappa shape index (κ1) is 21.0. The lowest BCUT2D eigenvalue weighted by molar-refractivity contribution is -0.122. The van der Waals surface area contributed by atoms with Gasteiger partial charge in [0.1, 0.15) is 0 Å². The van der Waals surface area contributed by atoms with E-state index in [4.69, 9.17) is 28.9 Å². The van der Waals surface area contributed by atoms with Crippen molar-refractivity contribution in [1.29, 1.82) is 0 Å². The van der Waals surface area contributed by atoms with Crippen LogP contribution in [0.2, 0.25) is 10.2 Å². The zero-order valence-electron chi connectivity index (χ0n) is 15.5. The maximum Gasteiger partial charge on any atom is 0.228 e. The van der Waals surface area contributed by atoms with Crippen LogP contribution in [0.5, 0.6) is 0 Å². The number of pyridine rings is 1. The predicted molar refractivity (Wildman–Crippen MR) is 111 cm³/mol. The summed E-state index contributed by atoms with van der Waals surface area (Å²) in [6.45, 7) is 0.140. The minimum absolute atomic E-state index is 0.132. The fourth-order valence-corrected chi connectivity index (χ4v) is 4.55. The van der Waals surface area contributed by atoms with E-state index in [1.807, 2.05) is 0 Å². The normalized spacial score (nSPS) is 17.1. The molecule has 1 amide bonds. The second-order valence-corrected chi connectivity index (χ2v) is 8.07. The maximum atomic E-state index is 14.7. The highest BCUT2D eigenvalue weighted by atomic mass is 35.5. The number of hydrogen-bond acceptors (Lipinski definition) is 3. The number of halogens is 3. The molecule has 0 bridgehead atoms. The smallest absolute Gasteiger partial charge is 0.228 e. The molecule has 0 saturated heterocycles. The Labute approximate surface area is 174 Å². The van der Waals surface area contributed by atoms with Crippen molar-refractivity contribution in [2.75, 3.05) is 11.9 Å². The fraction of sp³-hybridized carbons (Fsp3) is 0.429. The standard InChI is InChI=1S/C21H24Cl2FN3O/c22-14-7-4-8-15(11-14)27-21(28)18(13-5-2-1-3-6-13)17(12-25)16-9-10-26-20(23)19(16)24/h4,7-11,13,17-18H,1-3,5-6,12,25H2,(H,27,28). The van der Waals surface area contributed by atoms with Crippen LogP contribution in [0.1, 0.15) is 43.6 Å². The van der Waals surface area contributed by atoms with Crippen LogP contribution in [-0.2, 0) is 4.79 Å². The molecular weight excluding hydrogens is 400 g/mol. The average molecular weight is 424 g/mol. The van der Waals surface area contributed by atoms with Crippen molar-refractivity contribution in [2.24, 2.45) is 17.6 Å². The van der Waals surface area contributed by atoms with Gasteiger partial charge in [0.15, 0.2) is 11.0 Å². The minimum atomic E-state index is -0.601. The average Bonchev–Trinajstić information content (AvgIpc) is 2.69. The lowest BCUT2D eigenvalue weighted by atomic mass is 9.71. The Hall–Kier alpha value is -1.69. The molecule has 2 unspecified atom stereocenters. The molecule has 0 radical (unpaired) electrons. The third-order valence-corrected chi connectivity index (χ3v) is 6.01. The summed E-state index contributed by atoms with van der Waals surface area (Å²) in [7, 11) is 0. The van der Waals surface area contributed by atoms with Crippen molar-refractivity contribution in [1.82, 2.24) is 4.98 Å². The van der Waals surface area contributed by atoms with Gasteiger partial charge in [-0.15, -0.1) is 0 Å². The van der Waals surface area contributed by atoms with Gasteiger partial charge in [-0.2, -0.15) is 0 Å². The van der Waals surface area contributed by atoms with Gasteiger partial charge in [0.05, 0.1) is 0 Å². The molecule has 1 aliphatic rings. The molecule has 3 rings (SSSR count). The van der Waals surface area contributed by atoms with E-state index in [0.29, 0.717) is 16.3 Å². The van der Waals surface area contributed by atoms with E-state index in [-0.39, 0.29) is 23.5 Å². The van der Waals surface area contributed by atoms with Gasteiger partial charge in [-0.3, -0.25) is 4.79 Å². The van der Waals surface area contributed by atoms with Gasteiger partial charge in [-0.1, -0.05) is 48.5 Å². The van der Waals surface area contributed by atoms with E-state index >= 15 is 0 Å². The first-order chi connectivity index (χ1) is 13.5. The molecule has 150 valence electrons. The van der Waals surface area contributed by atoms with Crippen LogP contribution < -0.4 is 11.1 Å². The number of benzene rings is 1. The number of nitrogens with one attached hydrogen (secondary N) is 1. The summed E-state index contributed by atoms with van der Waals surface area (Å²) in [5.74, 6) is -1.58. The van der Waals surface area contributed by atoms with Crippen LogP contribution in [0, 0.1) is 17.7 Å². The van der Waals surface area contributed by atoms with Crippen molar-refractivity contribution in [3.8, 4) is 0 Å². The second kappa shape index (κ2) is 9.68. The summed E-state index contributed by atoms with van der Waals surface area (Å²) in [6.07, 6.45) is 6.57. The van der Waals surface area contributed by atoms with E-state index in [1.165, 1.54) is 6.20 Å². The van der Waals surface area contributed by atoms with Crippen LogP contribution in [0.4, 0.5) is 10.1 Å². The SMILES string of the molecule is NCC(c1ccnc(Cl)c1F)C(C(=O)Nc1cccc(Cl)c1)C1CCCCC1. The molecule has 1 aromatic carbocycles. The molecule has 0 spiro atoms. The molecule has 4 nitrogen and oxygen atoms in total. The Morgan fingerprint density at radius 3 is 2.68 bits per heavy atom. The Morgan fingerprint density at radius 2 is 2.00 bits per heavy atom. The zero-order chi connectivity index (χ0) is 20.1. The molecule has 0 aliphatic heterocycles. The highest BCUT2D eigenvalue weighted by Gasteiger charge is 2.37. The van der Waals surface area contributed by atoms with E-state index < -0.39 is 17.7 Å². The Morgan fingerprint density at radius 1 is 1.25 bits per heavy atom. The minimum Gasteiger partial charge on any atom is -0.330 e. The summed E-state index contributed by atoms with van der Waals surface area (Å²) < 4.78 is 14.7. The number of carbonyl (C=O) groups excluding carboxylic acids is 1. The van der Waals surface area contributed by atoms with Gasteiger partial charge in [-0.25, -0.2) is 9.37 Å². The summed E-state index contributed by atoms with van der Waals surface area (Å²) in [5, 5.41) is 3.28. The van der Waals surface area contributed by atoms with Crippen LogP contribution in [0.3, 0.4) is 0 Å². The van der Waals surface area contributed by atoms with E-state index in [9.17, 15) is 9.18 Å². The van der Waals surface area contributed by atoms with Gasteiger partial charge in [-0.05, 0) is 48.6 Å². The highest BCUT2D eigenvalue weighted by molar-refractivity contribution is 6.31. The number of nitrogens with zero attached hydrogens (tertiary/aromatic N) is 1. The number of hydrogen-bond donors (Lipinski definition) is 2. The van der Waals surface area contributed by atoms with Gasteiger partial charge in [0.25, 0.3) is 0 Å². The topological polar surface area (TPSA) is 68.0 Å². The number of amides is 1. The molecule has 2 atom stereocenters. The van der Waals surface area contributed by atoms with E-state index in [2.05, 4.69) is 10.3 Å². The molecule has 1 saturated carbocycles. The Bertz CT molecular complexity index is 827.